The Kier molecular flexibility index (Phi) is 4.99. The van der Waals surface area contributed by atoms with E-state index in [0.29, 0.717) is 0 Å². The average Bonchev–Trinajstić information content (AvgIpc) is 2.12. The SMILES string of the molecule is C=C(C)C(C)(C)C(=O)C(C)CC=C(C)C. The first-order valence-corrected chi connectivity index (χ1v) is 5.53. The van der Waals surface area contributed by atoms with Crippen molar-refractivity contribution in [3.05, 3.63) is 23.8 Å². The van der Waals surface area contributed by atoms with E-state index in [1.807, 2.05) is 27.7 Å². The van der Waals surface area contributed by atoms with Crippen molar-refractivity contribution in [3.8, 4) is 0 Å². The zero-order valence-electron chi connectivity index (χ0n) is 11.0. The van der Waals surface area contributed by atoms with Gasteiger partial charge in [0.1, 0.15) is 5.78 Å². The van der Waals surface area contributed by atoms with Crippen molar-refractivity contribution in [1.29, 1.82) is 0 Å². The minimum atomic E-state index is -0.394. The molecule has 1 atom stereocenters. The van der Waals surface area contributed by atoms with Gasteiger partial charge in [0.05, 0.1) is 0 Å². The van der Waals surface area contributed by atoms with E-state index in [-0.39, 0.29) is 11.7 Å². The number of allylic oxidation sites excluding steroid dienone is 3. The summed E-state index contributed by atoms with van der Waals surface area (Å²) in [4.78, 5) is 12.1. The van der Waals surface area contributed by atoms with Crippen LogP contribution in [0, 0.1) is 11.3 Å². The molecule has 0 aromatic heterocycles. The summed E-state index contributed by atoms with van der Waals surface area (Å²) in [6.45, 7) is 15.8. The summed E-state index contributed by atoms with van der Waals surface area (Å²) in [6, 6.07) is 0. The fourth-order valence-corrected chi connectivity index (χ4v) is 1.35. The molecular weight excluding hydrogens is 184 g/mol. The molecule has 0 rings (SSSR count). The number of carbonyl (C=O) groups excluding carboxylic acids is 1. The molecule has 0 heterocycles. The summed E-state index contributed by atoms with van der Waals surface area (Å²) in [5, 5.41) is 0. The second kappa shape index (κ2) is 5.29. The molecule has 0 spiro atoms. The molecule has 0 aliphatic heterocycles. The highest BCUT2D eigenvalue weighted by molar-refractivity contribution is 5.88. The predicted molar refractivity (Wildman–Crippen MR) is 66.8 cm³/mol. The Morgan fingerprint density at radius 1 is 1.33 bits per heavy atom. The maximum absolute atomic E-state index is 12.1. The van der Waals surface area contributed by atoms with E-state index < -0.39 is 5.41 Å². The summed E-state index contributed by atoms with van der Waals surface area (Å²) < 4.78 is 0. The fourth-order valence-electron chi connectivity index (χ4n) is 1.35. The molecule has 0 saturated heterocycles. The Morgan fingerprint density at radius 3 is 2.13 bits per heavy atom. The lowest BCUT2D eigenvalue weighted by Crippen LogP contribution is -2.30. The first-order valence-electron chi connectivity index (χ1n) is 5.53. The molecule has 0 amide bonds. The molecule has 1 nitrogen and oxygen atoms in total. The molecule has 0 aliphatic rings. The Balaban J connectivity index is 4.59. The molecule has 0 N–H and O–H groups in total. The summed E-state index contributed by atoms with van der Waals surface area (Å²) >= 11 is 0. The van der Waals surface area contributed by atoms with Gasteiger partial charge in [0, 0.05) is 11.3 Å². The topological polar surface area (TPSA) is 17.1 Å². The number of ketones is 1. The number of carbonyl (C=O) groups is 1. The van der Waals surface area contributed by atoms with Gasteiger partial charge in [-0.2, -0.15) is 0 Å². The predicted octanol–water partition coefficient (Wildman–Crippen LogP) is 4.15. The second-order valence-electron chi connectivity index (χ2n) is 5.19. The van der Waals surface area contributed by atoms with Gasteiger partial charge in [-0.25, -0.2) is 0 Å². The molecule has 0 bridgehead atoms. The van der Waals surface area contributed by atoms with Gasteiger partial charge in [0.15, 0.2) is 0 Å². The van der Waals surface area contributed by atoms with E-state index in [1.165, 1.54) is 5.57 Å². The molecule has 0 saturated carbocycles. The number of hydrogen-bond donors (Lipinski definition) is 0. The molecule has 86 valence electrons. The highest BCUT2D eigenvalue weighted by Crippen LogP contribution is 2.30. The van der Waals surface area contributed by atoms with Crippen LogP contribution < -0.4 is 0 Å². The van der Waals surface area contributed by atoms with Crippen molar-refractivity contribution in [2.45, 2.75) is 48.0 Å². The Morgan fingerprint density at radius 2 is 1.80 bits per heavy atom. The molecule has 0 fully saturated rings. The van der Waals surface area contributed by atoms with Gasteiger partial charge in [-0.1, -0.05) is 30.7 Å². The van der Waals surface area contributed by atoms with Gasteiger partial charge in [0.25, 0.3) is 0 Å². The quantitative estimate of drug-likeness (QED) is 0.620. The Hall–Kier alpha value is -0.850. The van der Waals surface area contributed by atoms with Crippen molar-refractivity contribution in [3.63, 3.8) is 0 Å². The summed E-state index contributed by atoms with van der Waals surface area (Å²) in [7, 11) is 0. The van der Waals surface area contributed by atoms with Crippen molar-refractivity contribution >= 4 is 5.78 Å². The highest BCUT2D eigenvalue weighted by atomic mass is 16.1. The normalized spacial score (nSPS) is 13.2. The third-order valence-corrected chi connectivity index (χ3v) is 3.01. The molecule has 0 radical (unpaired) electrons. The van der Waals surface area contributed by atoms with Gasteiger partial charge in [-0.05, 0) is 41.0 Å². The fraction of sp³-hybridized carbons (Fsp3) is 0.643. The molecule has 1 heteroatoms. The van der Waals surface area contributed by atoms with Crippen LogP contribution in [0.25, 0.3) is 0 Å². The van der Waals surface area contributed by atoms with Gasteiger partial charge in [-0.15, -0.1) is 0 Å². The van der Waals surface area contributed by atoms with Crippen LogP contribution in [0.15, 0.2) is 23.8 Å². The summed E-state index contributed by atoms with van der Waals surface area (Å²) in [5.74, 6) is 0.360. The van der Waals surface area contributed by atoms with Crippen LogP contribution in [0.2, 0.25) is 0 Å². The lowest BCUT2D eigenvalue weighted by atomic mass is 9.76. The molecular formula is C14H24O. The third-order valence-electron chi connectivity index (χ3n) is 3.01. The number of Topliss-reactive ketones (excluding diaryl/α,β-unsaturated/α-hetero) is 1. The molecule has 1 unspecified atom stereocenters. The van der Waals surface area contributed by atoms with Crippen LogP contribution in [-0.2, 0) is 4.79 Å². The van der Waals surface area contributed by atoms with Crippen LogP contribution in [-0.4, -0.2) is 5.78 Å². The third kappa shape index (κ3) is 4.03. The summed E-state index contributed by atoms with van der Waals surface area (Å²) in [6.07, 6.45) is 2.95. The van der Waals surface area contributed by atoms with Crippen LogP contribution >= 0.6 is 0 Å². The maximum atomic E-state index is 12.1. The Labute approximate surface area is 94.3 Å². The highest BCUT2D eigenvalue weighted by Gasteiger charge is 2.31. The van der Waals surface area contributed by atoms with Crippen molar-refractivity contribution in [2.24, 2.45) is 11.3 Å². The van der Waals surface area contributed by atoms with E-state index in [9.17, 15) is 4.79 Å². The second-order valence-corrected chi connectivity index (χ2v) is 5.19. The smallest absolute Gasteiger partial charge is 0.145 e. The van der Waals surface area contributed by atoms with E-state index >= 15 is 0 Å². The maximum Gasteiger partial charge on any atom is 0.145 e. The summed E-state index contributed by atoms with van der Waals surface area (Å²) in [5.41, 5.74) is 1.81. The van der Waals surface area contributed by atoms with E-state index in [4.69, 9.17) is 0 Å². The zero-order chi connectivity index (χ0) is 12.2. The molecule has 0 aliphatic carbocycles. The monoisotopic (exact) mass is 208 g/mol. The van der Waals surface area contributed by atoms with Crippen molar-refractivity contribution in [2.75, 3.05) is 0 Å². The van der Waals surface area contributed by atoms with Gasteiger partial charge in [-0.3, -0.25) is 4.79 Å². The molecule has 0 aromatic carbocycles. The largest absolute Gasteiger partial charge is 0.298 e. The first-order chi connectivity index (χ1) is 6.69. The number of hydrogen-bond acceptors (Lipinski definition) is 1. The van der Waals surface area contributed by atoms with Crippen molar-refractivity contribution < 1.29 is 4.79 Å². The van der Waals surface area contributed by atoms with Gasteiger partial charge < -0.3 is 0 Å². The number of rotatable bonds is 5. The minimum absolute atomic E-state index is 0.0756. The molecule has 0 aromatic rings. The van der Waals surface area contributed by atoms with E-state index in [1.54, 1.807) is 0 Å². The van der Waals surface area contributed by atoms with E-state index in [0.717, 1.165) is 12.0 Å². The first kappa shape index (κ1) is 14.2. The standard InChI is InChI=1S/C14H24O/c1-10(2)8-9-12(5)13(15)14(6,7)11(3)4/h8,12H,3,9H2,1-2,4-7H3. The van der Waals surface area contributed by atoms with Gasteiger partial charge >= 0.3 is 0 Å². The lowest BCUT2D eigenvalue weighted by molar-refractivity contribution is -0.128. The zero-order valence-corrected chi connectivity index (χ0v) is 11.0. The van der Waals surface area contributed by atoms with E-state index in [2.05, 4.69) is 26.5 Å². The Bertz CT molecular complexity index is 278. The van der Waals surface area contributed by atoms with Crippen LogP contribution in [0.3, 0.4) is 0 Å². The average molecular weight is 208 g/mol. The van der Waals surface area contributed by atoms with Crippen LogP contribution in [0.5, 0.6) is 0 Å². The van der Waals surface area contributed by atoms with Gasteiger partial charge in [0.2, 0.25) is 0 Å². The van der Waals surface area contributed by atoms with Crippen molar-refractivity contribution in [1.82, 2.24) is 0 Å². The van der Waals surface area contributed by atoms with Crippen LogP contribution in [0.4, 0.5) is 0 Å². The van der Waals surface area contributed by atoms with Crippen LogP contribution in [0.1, 0.15) is 48.0 Å². The molecule has 15 heavy (non-hydrogen) atoms. The lowest BCUT2D eigenvalue weighted by Gasteiger charge is -2.26. The minimum Gasteiger partial charge on any atom is -0.298 e.